The first-order valence-electron chi connectivity index (χ1n) is 4.49. The molecule has 2 aromatic heterocycles. The molecule has 0 atom stereocenters. The maximum atomic E-state index is 6.06. The zero-order valence-electron chi connectivity index (χ0n) is 8.21. The molecule has 0 aliphatic carbocycles. The molecule has 3 nitrogen and oxygen atoms in total. The fourth-order valence-corrected chi connectivity index (χ4v) is 1.75. The Morgan fingerprint density at radius 2 is 2.36 bits per heavy atom. The highest BCUT2D eigenvalue weighted by molar-refractivity contribution is 6.31. The van der Waals surface area contributed by atoms with Crippen molar-refractivity contribution in [2.24, 2.45) is 0 Å². The highest BCUT2D eigenvalue weighted by Crippen LogP contribution is 2.22. The molecule has 0 aliphatic rings. The molecule has 4 heteroatoms. The van der Waals surface area contributed by atoms with Crippen molar-refractivity contribution in [1.29, 1.82) is 0 Å². The Hall–Kier alpha value is -1.06. The molecule has 0 saturated heterocycles. The molecule has 0 spiro atoms. The smallest absolute Gasteiger partial charge is 0.0996 e. The molecule has 0 radical (unpaired) electrons. The van der Waals surface area contributed by atoms with Crippen molar-refractivity contribution >= 4 is 17.1 Å². The summed E-state index contributed by atoms with van der Waals surface area (Å²) >= 11 is 6.06. The Bertz CT molecular complexity index is 462. The summed E-state index contributed by atoms with van der Waals surface area (Å²) in [5.41, 5.74) is 3.22. The van der Waals surface area contributed by atoms with E-state index in [0.717, 1.165) is 28.3 Å². The van der Waals surface area contributed by atoms with Gasteiger partial charge in [0.1, 0.15) is 0 Å². The van der Waals surface area contributed by atoms with E-state index in [1.54, 1.807) is 0 Å². The van der Waals surface area contributed by atoms with E-state index in [-0.39, 0.29) is 0 Å². The zero-order chi connectivity index (χ0) is 10.1. The Kier molecular flexibility index (Phi) is 2.44. The summed E-state index contributed by atoms with van der Waals surface area (Å²) in [4.78, 5) is 4.33. The number of fused-ring (bicyclic) bond motifs is 1. The van der Waals surface area contributed by atoms with Crippen molar-refractivity contribution in [1.82, 2.24) is 14.7 Å². The van der Waals surface area contributed by atoms with Crippen LogP contribution < -0.4 is 5.32 Å². The molecule has 0 fully saturated rings. The molecule has 0 saturated carbocycles. The number of nitrogens with zero attached hydrogens (tertiary/aromatic N) is 2. The minimum absolute atomic E-state index is 0.762. The average molecular weight is 210 g/mol. The second-order valence-electron chi connectivity index (χ2n) is 3.27. The van der Waals surface area contributed by atoms with Crippen LogP contribution in [0.4, 0.5) is 0 Å². The number of hydrogen-bond donors (Lipinski definition) is 1. The van der Waals surface area contributed by atoms with E-state index in [9.17, 15) is 0 Å². The molecule has 2 rings (SSSR count). The first-order valence-corrected chi connectivity index (χ1v) is 4.87. The second-order valence-corrected chi connectivity index (χ2v) is 3.67. The highest BCUT2D eigenvalue weighted by atomic mass is 35.5. The van der Waals surface area contributed by atoms with Crippen LogP contribution in [0.5, 0.6) is 0 Å². The summed E-state index contributed by atoms with van der Waals surface area (Å²) in [6, 6.07) is 1.88. The Morgan fingerprint density at radius 1 is 1.57 bits per heavy atom. The van der Waals surface area contributed by atoms with Gasteiger partial charge in [0, 0.05) is 17.8 Å². The van der Waals surface area contributed by atoms with Crippen LogP contribution >= 0.6 is 11.6 Å². The van der Waals surface area contributed by atoms with E-state index in [1.165, 1.54) is 0 Å². The number of pyridine rings is 1. The van der Waals surface area contributed by atoms with Gasteiger partial charge >= 0.3 is 0 Å². The number of aromatic nitrogens is 2. The topological polar surface area (TPSA) is 29.3 Å². The van der Waals surface area contributed by atoms with Crippen LogP contribution in [0.15, 0.2) is 18.6 Å². The SMILES string of the molecule is CNCc1ncn2ccc(Cl)c(C)c12. The maximum absolute atomic E-state index is 6.06. The third-order valence-corrected chi connectivity index (χ3v) is 2.72. The van der Waals surface area contributed by atoms with Crippen molar-refractivity contribution in [2.45, 2.75) is 13.5 Å². The normalized spacial score (nSPS) is 11.1. The summed E-state index contributed by atoms with van der Waals surface area (Å²) in [6.45, 7) is 2.77. The van der Waals surface area contributed by atoms with Gasteiger partial charge in [-0.05, 0) is 25.6 Å². The second kappa shape index (κ2) is 3.59. The fraction of sp³-hybridized carbons (Fsp3) is 0.300. The Labute approximate surface area is 87.7 Å². The van der Waals surface area contributed by atoms with Crippen LogP contribution in [0.1, 0.15) is 11.3 Å². The van der Waals surface area contributed by atoms with Gasteiger partial charge in [-0.1, -0.05) is 11.6 Å². The van der Waals surface area contributed by atoms with E-state index in [0.29, 0.717) is 0 Å². The molecular weight excluding hydrogens is 198 g/mol. The van der Waals surface area contributed by atoms with Crippen molar-refractivity contribution in [3.63, 3.8) is 0 Å². The summed E-state index contributed by atoms with van der Waals surface area (Å²) < 4.78 is 1.99. The number of halogens is 1. The minimum atomic E-state index is 0.762. The molecule has 0 amide bonds. The monoisotopic (exact) mass is 209 g/mol. The molecule has 2 aromatic rings. The average Bonchev–Trinajstić information content (AvgIpc) is 2.57. The van der Waals surface area contributed by atoms with E-state index >= 15 is 0 Å². The molecule has 74 valence electrons. The number of rotatable bonds is 2. The van der Waals surface area contributed by atoms with Gasteiger partial charge in [0.2, 0.25) is 0 Å². The largest absolute Gasteiger partial charge is 0.314 e. The third kappa shape index (κ3) is 1.38. The van der Waals surface area contributed by atoms with Gasteiger partial charge in [-0.25, -0.2) is 4.98 Å². The molecule has 0 aromatic carbocycles. The van der Waals surface area contributed by atoms with Gasteiger partial charge in [0.05, 0.1) is 17.5 Å². The first kappa shape index (κ1) is 9.49. The molecule has 14 heavy (non-hydrogen) atoms. The van der Waals surface area contributed by atoms with Gasteiger partial charge < -0.3 is 9.72 Å². The Balaban J connectivity index is 2.69. The van der Waals surface area contributed by atoms with E-state index in [1.807, 2.05) is 37.0 Å². The van der Waals surface area contributed by atoms with Crippen LogP contribution in [-0.4, -0.2) is 16.4 Å². The van der Waals surface area contributed by atoms with Crippen LogP contribution in [0.3, 0.4) is 0 Å². The van der Waals surface area contributed by atoms with Gasteiger partial charge in [0.25, 0.3) is 0 Å². The van der Waals surface area contributed by atoms with Crippen molar-refractivity contribution in [3.05, 3.63) is 34.9 Å². The lowest BCUT2D eigenvalue weighted by atomic mass is 10.2. The predicted molar refractivity (Wildman–Crippen MR) is 57.7 cm³/mol. The quantitative estimate of drug-likeness (QED) is 0.820. The predicted octanol–water partition coefficient (Wildman–Crippen LogP) is 2.02. The van der Waals surface area contributed by atoms with Gasteiger partial charge in [-0.15, -0.1) is 0 Å². The van der Waals surface area contributed by atoms with Gasteiger partial charge in [-0.3, -0.25) is 0 Å². The van der Waals surface area contributed by atoms with E-state index in [2.05, 4.69) is 10.3 Å². The lowest BCUT2D eigenvalue weighted by Gasteiger charge is -2.03. The molecule has 1 N–H and O–H groups in total. The van der Waals surface area contributed by atoms with Gasteiger partial charge in [-0.2, -0.15) is 0 Å². The van der Waals surface area contributed by atoms with Crippen molar-refractivity contribution < 1.29 is 0 Å². The molecule has 0 aliphatic heterocycles. The highest BCUT2D eigenvalue weighted by Gasteiger charge is 2.08. The third-order valence-electron chi connectivity index (χ3n) is 2.31. The molecular formula is C10H12ClN3. The number of aryl methyl sites for hydroxylation is 1. The summed E-state index contributed by atoms with van der Waals surface area (Å²) in [5.74, 6) is 0. The van der Waals surface area contributed by atoms with Crippen LogP contribution in [0.25, 0.3) is 5.52 Å². The summed E-state index contributed by atoms with van der Waals surface area (Å²) in [5, 5.41) is 3.88. The molecule has 0 unspecified atom stereocenters. The van der Waals surface area contributed by atoms with Crippen LogP contribution in [-0.2, 0) is 6.54 Å². The molecule has 2 heterocycles. The Morgan fingerprint density at radius 3 is 3.07 bits per heavy atom. The van der Waals surface area contributed by atoms with Gasteiger partial charge in [0.15, 0.2) is 0 Å². The van der Waals surface area contributed by atoms with E-state index in [4.69, 9.17) is 11.6 Å². The number of hydrogen-bond acceptors (Lipinski definition) is 2. The maximum Gasteiger partial charge on any atom is 0.0996 e. The van der Waals surface area contributed by atoms with Crippen LogP contribution in [0.2, 0.25) is 5.02 Å². The van der Waals surface area contributed by atoms with E-state index < -0.39 is 0 Å². The standard InChI is InChI=1S/C10H12ClN3/c1-7-8(11)3-4-14-6-13-9(5-12-2)10(7)14/h3-4,6,12H,5H2,1-2H3. The van der Waals surface area contributed by atoms with Crippen LogP contribution in [0, 0.1) is 6.92 Å². The number of imidazole rings is 1. The number of nitrogens with one attached hydrogen (secondary N) is 1. The summed E-state index contributed by atoms with van der Waals surface area (Å²) in [7, 11) is 1.91. The zero-order valence-corrected chi connectivity index (χ0v) is 8.97. The lowest BCUT2D eigenvalue weighted by Crippen LogP contribution is -2.06. The fourth-order valence-electron chi connectivity index (χ4n) is 1.60. The lowest BCUT2D eigenvalue weighted by molar-refractivity contribution is 0.802. The summed E-state index contributed by atoms with van der Waals surface area (Å²) in [6.07, 6.45) is 3.74. The minimum Gasteiger partial charge on any atom is -0.314 e. The first-order chi connectivity index (χ1) is 6.74. The molecule has 0 bridgehead atoms. The van der Waals surface area contributed by atoms with Crippen molar-refractivity contribution in [2.75, 3.05) is 7.05 Å². The van der Waals surface area contributed by atoms with Crippen molar-refractivity contribution in [3.8, 4) is 0 Å².